The molecule has 0 unspecified atom stereocenters. The molecule has 4 rings (SSSR count). The van der Waals surface area contributed by atoms with Gasteiger partial charge in [0.05, 0.1) is 19.4 Å². The molecule has 0 aliphatic carbocycles. The van der Waals surface area contributed by atoms with Crippen LogP contribution in [0.2, 0.25) is 0 Å². The van der Waals surface area contributed by atoms with Crippen LogP contribution in [0, 0.1) is 0 Å². The summed E-state index contributed by atoms with van der Waals surface area (Å²) in [7, 11) is 1.68. The third kappa shape index (κ3) is 5.26. The number of hydrogen-bond acceptors (Lipinski definition) is 6. The van der Waals surface area contributed by atoms with E-state index in [0.717, 1.165) is 64.9 Å². The fourth-order valence-electron chi connectivity index (χ4n) is 3.43. The molecule has 0 spiro atoms. The molecule has 1 fully saturated rings. The van der Waals surface area contributed by atoms with E-state index in [-0.39, 0.29) is 0 Å². The average molecular weight is 455 g/mol. The van der Waals surface area contributed by atoms with Crippen LogP contribution >= 0.6 is 23.6 Å². The van der Waals surface area contributed by atoms with E-state index in [4.69, 9.17) is 26.7 Å². The van der Waals surface area contributed by atoms with Crippen molar-refractivity contribution in [3.8, 4) is 22.8 Å². The minimum atomic E-state index is 0.662. The minimum Gasteiger partial charge on any atom is -0.497 e. The fraction of sp³-hybridized carbons (Fsp3) is 0.304. The van der Waals surface area contributed by atoms with Crippen LogP contribution in [0.4, 0.5) is 10.8 Å². The Labute approximate surface area is 192 Å². The molecule has 162 valence electrons. The minimum absolute atomic E-state index is 0.662. The van der Waals surface area contributed by atoms with Gasteiger partial charge in [0.25, 0.3) is 0 Å². The van der Waals surface area contributed by atoms with E-state index in [1.54, 1.807) is 18.4 Å². The molecule has 1 aliphatic heterocycles. The molecular weight excluding hydrogens is 428 g/mol. The quantitative estimate of drug-likeness (QED) is 0.540. The van der Waals surface area contributed by atoms with Gasteiger partial charge in [-0.25, -0.2) is 4.98 Å². The predicted octanol–water partition coefficient (Wildman–Crippen LogP) is 4.74. The summed E-state index contributed by atoms with van der Waals surface area (Å²) in [4.78, 5) is 9.38. The van der Waals surface area contributed by atoms with Gasteiger partial charge in [0.2, 0.25) is 0 Å². The Bertz CT molecular complexity index is 1010. The van der Waals surface area contributed by atoms with Crippen molar-refractivity contribution in [1.82, 2.24) is 9.88 Å². The second-order valence-corrected chi connectivity index (χ2v) is 8.33. The standard InChI is InChI=1S/C23H26N4O2S2/c1-3-29-19-9-7-18(8-10-19)24-22(30)26-11-13-27(14-12-26)23-25-21(16-31-23)17-5-4-6-20(15-17)28-2/h4-10,15-16H,3,11-14H2,1-2H3,(H,24,30). The molecule has 0 saturated carbocycles. The van der Waals surface area contributed by atoms with Gasteiger partial charge < -0.3 is 24.6 Å². The summed E-state index contributed by atoms with van der Waals surface area (Å²) in [6.45, 7) is 6.13. The molecule has 0 radical (unpaired) electrons. The van der Waals surface area contributed by atoms with Crippen LogP contribution in [0.25, 0.3) is 11.3 Å². The Morgan fingerprint density at radius 3 is 2.58 bits per heavy atom. The van der Waals surface area contributed by atoms with Gasteiger partial charge in [-0.15, -0.1) is 11.3 Å². The Kier molecular flexibility index (Phi) is 6.89. The number of methoxy groups -OCH3 is 1. The van der Waals surface area contributed by atoms with Gasteiger partial charge >= 0.3 is 0 Å². The molecule has 0 atom stereocenters. The van der Waals surface area contributed by atoms with Crippen molar-refractivity contribution in [1.29, 1.82) is 0 Å². The van der Waals surface area contributed by atoms with Crippen molar-refractivity contribution in [2.24, 2.45) is 0 Å². The monoisotopic (exact) mass is 454 g/mol. The first-order valence-corrected chi connectivity index (χ1v) is 11.6. The number of rotatable bonds is 6. The third-order valence-corrected chi connectivity index (χ3v) is 6.37. The summed E-state index contributed by atoms with van der Waals surface area (Å²) in [5.74, 6) is 1.71. The number of thiocarbonyl (C=S) groups is 1. The molecule has 8 heteroatoms. The normalized spacial score (nSPS) is 13.7. The van der Waals surface area contributed by atoms with Crippen molar-refractivity contribution in [2.45, 2.75) is 6.92 Å². The van der Waals surface area contributed by atoms with E-state index >= 15 is 0 Å². The second kappa shape index (κ2) is 9.98. The predicted molar refractivity (Wildman–Crippen MR) is 132 cm³/mol. The molecule has 3 aromatic rings. The number of aromatic nitrogens is 1. The lowest BCUT2D eigenvalue weighted by Gasteiger charge is -2.36. The van der Waals surface area contributed by atoms with Gasteiger partial charge in [0, 0.05) is 42.8 Å². The molecule has 0 amide bonds. The van der Waals surface area contributed by atoms with Crippen LogP contribution in [0.15, 0.2) is 53.9 Å². The van der Waals surface area contributed by atoms with Crippen LogP contribution in [-0.2, 0) is 0 Å². The maximum atomic E-state index is 5.63. The van der Waals surface area contributed by atoms with E-state index in [1.807, 2.05) is 49.4 Å². The molecular formula is C23H26N4O2S2. The molecule has 0 bridgehead atoms. The number of nitrogens with zero attached hydrogens (tertiary/aromatic N) is 3. The third-order valence-electron chi connectivity index (χ3n) is 5.11. The first kappa shape index (κ1) is 21.4. The number of ether oxygens (including phenoxy) is 2. The summed E-state index contributed by atoms with van der Waals surface area (Å²) in [6, 6.07) is 15.9. The zero-order valence-electron chi connectivity index (χ0n) is 17.7. The zero-order valence-corrected chi connectivity index (χ0v) is 19.3. The number of benzene rings is 2. The van der Waals surface area contributed by atoms with Gasteiger partial charge in [-0.2, -0.15) is 0 Å². The molecule has 1 saturated heterocycles. The second-order valence-electron chi connectivity index (χ2n) is 7.11. The number of thiazole rings is 1. The summed E-state index contributed by atoms with van der Waals surface area (Å²) >= 11 is 7.30. The Hall–Kier alpha value is -2.84. The van der Waals surface area contributed by atoms with E-state index in [9.17, 15) is 0 Å². The lowest BCUT2D eigenvalue weighted by atomic mass is 10.2. The highest BCUT2D eigenvalue weighted by Crippen LogP contribution is 2.30. The van der Waals surface area contributed by atoms with E-state index in [2.05, 4.69) is 26.6 Å². The first-order chi connectivity index (χ1) is 15.2. The number of hydrogen-bond donors (Lipinski definition) is 1. The smallest absolute Gasteiger partial charge is 0.185 e. The van der Waals surface area contributed by atoms with Crippen LogP contribution < -0.4 is 19.7 Å². The van der Waals surface area contributed by atoms with Crippen molar-refractivity contribution < 1.29 is 9.47 Å². The maximum Gasteiger partial charge on any atom is 0.185 e. The van der Waals surface area contributed by atoms with Crippen LogP contribution in [0.5, 0.6) is 11.5 Å². The number of piperazine rings is 1. The van der Waals surface area contributed by atoms with Gasteiger partial charge in [-0.05, 0) is 55.5 Å². The summed E-state index contributed by atoms with van der Waals surface area (Å²) in [5.41, 5.74) is 3.02. The van der Waals surface area contributed by atoms with E-state index in [1.165, 1.54) is 0 Å². The summed E-state index contributed by atoms with van der Waals surface area (Å²) < 4.78 is 10.8. The van der Waals surface area contributed by atoms with Gasteiger partial charge in [-0.3, -0.25) is 0 Å². The largest absolute Gasteiger partial charge is 0.497 e. The van der Waals surface area contributed by atoms with Crippen molar-refractivity contribution >= 4 is 39.5 Å². The van der Waals surface area contributed by atoms with Crippen molar-refractivity contribution in [3.63, 3.8) is 0 Å². The zero-order chi connectivity index (χ0) is 21.6. The average Bonchev–Trinajstić information content (AvgIpc) is 3.31. The topological polar surface area (TPSA) is 49.9 Å². The Morgan fingerprint density at radius 1 is 1.10 bits per heavy atom. The van der Waals surface area contributed by atoms with Crippen molar-refractivity contribution in [2.75, 3.05) is 50.1 Å². The maximum absolute atomic E-state index is 5.63. The number of nitrogens with one attached hydrogen (secondary N) is 1. The van der Waals surface area contributed by atoms with Crippen LogP contribution in [0.3, 0.4) is 0 Å². The lowest BCUT2D eigenvalue weighted by Crippen LogP contribution is -2.50. The molecule has 2 aromatic carbocycles. The Balaban J connectivity index is 1.32. The molecule has 1 N–H and O–H groups in total. The highest BCUT2D eigenvalue weighted by Gasteiger charge is 2.21. The summed E-state index contributed by atoms with van der Waals surface area (Å²) in [5, 5.41) is 7.23. The highest BCUT2D eigenvalue weighted by atomic mass is 32.1. The molecule has 1 aliphatic rings. The van der Waals surface area contributed by atoms with Gasteiger partial charge in [0.15, 0.2) is 10.2 Å². The van der Waals surface area contributed by atoms with Gasteiger partial charge in [0.1, 0.15) is 11.5 Å². The molecule has 6 nitrogen and oxygen atoms in total. The molecule has 31 heavy (non-hydrogen) atoms. The fourth-order valence-corrected chi connectivity index (χ4v) is 4.62. The molecule has 2 heterocycles. The first-order valence-electron chi connectivity index (χ1n) is 10.3. The van der Waals surface area contributed by atoms with Crippen LogP contribution in [0.1, 0.15) is 6.92 Å². The number of anilines is 2. The van der Waals surface area contributed by atoms with E-state index < -0.39 is 0 Å². The SMILES string of the molecule is CCOc1ccc(NC(=S)N2CCN(c3nc(-c4cccc(OC)c4)cs3)CC2)cc1. The van der Waals surface area contributed by atoms with E-state index in [0.29, 0.717) is 6.61 Å². The van der Waals surface area contributed by atoms with Crippen LogP contribution in [-0.4, -0.2) is 54.9 Å². The van der Waals surface area contributed by atoms with Gasteiger partial charge in [-0.1, -0.05) is 12.1 Å². The van der Waals surface area contributed by atoms with Crippen molar-refractivity contribution in [3.05, 3.63) is 53.9 Å². The lowest BCUT2D eigenvalue weighted by molar-refractivity contribution is 0.340. The highest BCUT2D eigenvalue weighted by molar-refractivity contribution is 7.80. The summed E-state index contributed by atoms with van der Waals surface area (Å²) in [6.07, 6.45) is 0. The molecule has 1 aromatic heterocycles. The Morgan fingerprint density at radius 2 is 1.87 bits per heavy atom.